The molecule has 3 atom stereocenters. The normalized spacial score (nSPS) is 30.4. The third-order valence-electron chi connectivity index (χ3n) is 6.11. The number of anilines is 1. The first-order valence-electron chi connectivity index (χ1n) is 8.95. The molecule has 23 heavy (non-hydrogen) atoms. The SMILES string of the molecule is CN1C[C@@H]2[C@H](c3ccccc31)[C@H](CO)N2C(=O)C1CCCCC1. The van der Waals surface area contributed by atoms with Crippen molar-refractivity contribution in [2.45, 2.75) is 50.1 Å². The highest BCUT2D eigenvalue weighted by Gasteiger charge is 2.54. The second kappa shape index (κ2) is 5.82. The molecule has 1 aromatic rings. The van der Waals surface area contributed by atoms with E-state index in [0.29, 0.717) is 5.92 Å². The molecule has 2 fully saturated rings. The minimum absolute atomic E-state index is 0.0377. The maximum atomic E-state index is 13.0. The number of para-hydroxylation sites is 1. The van der Waals surface area contributed by atoms with Crippen molar-refractivity contribution < 1.29 is 9.90 Å². The predicted octanol–water partition coefficient (Wildman–Crippen LogP) is 2.37. The monoisotopic (exact) mass is 314 g/mol. The molecule has 0 aromatic heterocycles. The van der Waals surface area contributed by atoms with Crippen LogP contribution in [-0.2, 0) is 4.79 Å². The van der Waals surface area contributed by atoms with Gasteiger partial charge in [0.05, 0.1) is 18.7 Å². The molecule has 1 amide bonds. The fourth-order valence-electron chi connectivity index (χ4n) is 4.95. The molecule has 2 aliphatic heterocycles. The van der Waals surface area contributed by atoms with Gasteiger partial charge in [0.2, 0.25) is 5.91 Å². The summed E-state index contributed by atoms with van der Waals surface area (Å²) >= 11 is 0. The average Bonchev–Trinajstić information content (AvgIpc) is 2.58. The highest BCUT2D eigenvalue weighted by molar-refractivity contribution is 5.82. The summed E-state index contributed by atoms with van der Waals surface area (Å²) in [6.45, 7) is 0.939. The number of carbonyl (C=O) groups excluding carboxylic acids is 1. The van der Waals surface area contributed by atoms with Gasteiger partial charge in [-0.3, -0.25) is 4.79 Å². The van der Waals surface area contributed by atoms with Crippen LogP contribution in [0.4, 0.5) is 5.69 Å². The van der Waals surface area contributed by atoms with E-state index >= 15 is 0 Å². The fourth-order valence-corrected chi connectivity index (χ4v) is 4.95. The van der Waals surface area contributed by atoms with Crippen LogP contribution in [0, 0.1) is 5.92 Å². The first-order valence-corrected chi connectivity index (χ1v) is 8.95. The number of nitrogens with zero attached hydrogens (tertiary/aromatic N) is 2. The Hall–Kier alpha value is -1.55. The van der Waals surface area contributed by atoms with Gasteiger partial charge < -0.3 is 14.9 Å². The van der Waals surface area contributed by atoms with Gasteiger partial charge in [-0.1, -0.05) is 37.5 Å². The highest BCUT2D eigenvalue weighted by atomic mass is 16.3. The molecule has 1 N–H and O–H groups in total. The maximum absolute atomic E-state index is 13.0. The van der Waals surface area contributed by atoms with E-state index in [1.807, 2.05) is 4.90 Å². The Labute approximate surface area is 138 Å². The Balaban J connectivity index is 1.61. The van der Waals surface area contributed by atoms with Crippen molar-refractivity contribution in [2.75, 3.05) is 25.1 Å². The molecule has 0 radical (unpaired) electrons. The lowest BCUT2D eigenvalue weighted by atomic mass is 9.71. The van der Waals surface area contributed by atoms with Crippen molar-refractivity contribution in [3.63, 3.8) is 0 Å². The van der Waals surface area contributed by atoms with E-state index in [1.165, 1.54) is 30.5 Å². The zero-order valence-electron chi connectivity index (χ0n) is 13.8. The van der Waals surface area contributed by atoms with Crippen LogP contribution in [0.2, 0.25) is 0 Å². The summed E-state index contributed by atoms with van der Waals surface area (Å²) in [7, 11) is 2.10. The van der Waals surface area contributed by atoms with E-state index in [4.69, 9.17) is 0 Å². The Bertz CT molecular complexity index is 597. The lowest BCUT2D eigenvalue weighted by molar-refractivity contribution is -0.156. The number of fused-ring (bicyclic) bond motifs is 3. The van der Waals surface area contributed by atoms with Gasteiger partial charge >= 0.3 is 0 Å². The lowest BCUT2D eigenvalue weighted by Gasteiger charge is -2.59. The molecule has 0 unspecified atom stereocenters. The predicted molar refractivity (Wildman–Crippen MR) is 90.5 cm³/mol. The van der Waals surface area contributed by atoms with Crippen molar-refractivity contribution in [2.24, 2.45) is 5.92 Å². The quantitative estimate of drug-likeness (QED) is 0.911. The van der Waals surface area contributed by atoms with Gasteiger partial charge in [0.25, 0.3) is 0 Å². The van der Waals surface area contributed by atoms with E-state index in [0.717, 1.165) is 19.4 Å². The van der Waals surface area contributed by atoms with Crippen LogP contribution >= 0.6 is 0 Å². The van der Waals surface area contributed by atoms with Crippen LogP contribution in [0.15, 0.2) is 24.3 Å². The number of likely N-dealkylation sites (tertiary alicyclic amines) is 1. The zero-order chi connectivity index (χ0) is 16.0. The number of aliphatic hydroxyl groups excluding tert-OH is 1. The number of aliphatic hydroxyl groups is 1. The van der Waals surface area contributed by atoms with Crippen molar-refractivity contribution in [1.29, 1.82) is 0 Å². The van der Waals surface area contributed by atoms with Crippen LogP contribution < -0.4 is 4.90 Å². The topological polar surface area (TPSA) is 43.8 Å². The first kappa shape index (κ1) is 15.0. The highest BCUT2D eigenvalue weighted by Crippen LogP contribution is 2.48. The summed E-state index contributed by atoms with van der Waals surface area (Å²) in [5, 5.41) is 9.93. The summed E-state index contributed by atoms with van der Waals surface area (Å²) in [6, 6.07) is 8.62. The molecule has 2 heterocycles. The molecule has 4 nitrogen and oxygen atoms in total. The van der Waals surface area contributed by atoms with E-state index in [9.17, 15) is 9.90 Å². The van der Waals surface area contributed by atoms with Gasteiger partial charge in [-0.2, -0.15) is 0 Å². The molecule has 4 heteroatoms. The standard InChI is InChI=1S/C19H26N2O2/c1-20-11-16-18(14-9-5-6-10-15(14)20)17(12-22)21(16)19(23)13-7-3-2-4-8-13/h5-6,9-10,13,16-18,22H,2-4,7-8,11-12H2,1H3/t16-,17+,18+/m1/s1. The molecule has 1 aromatic carbocycles. The second-order valence-corrected chi connectivity index (χ2v) is 7.36. The summed E-state index contributed by atoms with van der Waals surface area (Å²) in [4.78, 5) is 17.3. The van der Waals surface area contributed by atoms with E-state index < -0.39 is 0 Å². The number of carbonyl (C=O) groups is 1. The van der Waals surface area contributed by atoms with Gasteiger partial charge in [0.1, 0.15) is 0 Å². The number of amides is 1. The van der Waals surface area contributed by atoms with E-state index in [1.54, 1.807) is 0 Å². The smallest absolute Gasteiger partial charge is 0.226 e. The largest absolute Gasteiger partial charge is 0.394 e. The molecular weight excluding hydrogens is 288 g/mol. The molecule has 4 rings (SSSR count). The molecule has 124 valence electrons. The minimum Gasteiger partial charge on any atom is -0.394 e. The molecular formula is C19H26N2O2. The van der Waals surface area contributed by atoms with Crippen molar-refractivity contribution in [1.82, 2.24) is 4.90 Å². The van der Waals surface area contributed by atoms with Crippen LogP contribution in [-0.4, -0.2) is 48.2 Å². The number of likely N-dealkylation sites (N-methyl/N-ethyl adjacent to an activating group) is 1. The van der Waals surface area contributed by atoms with Crippen molar-refractivity contribution >= 4 is 11.6 Å². The van der Waals surface area contributed by atoms with Crippen LogP contribution in [0.5, 0.6) is 0 Å². The Morgan fingerprint density at radius 3 is 2.70 bits per heavy atom. The van der Waals surface area contributed by atoms with E-state index in [-0.39, 0.29) is 30.5 Å². The third-order valence-corrected chi connectivity index (χ3v) is 6.11. The van der Waals surface area contributed by atoms with E-state index in [2.05, 4.69) is 36.2 Å². The van der Waals surface area contributed by atoms with Crippen LogP contribution in [0.1, 0.15) is 43.6 Å². The Kier molecular flexibility index (Phi) is 3.80. The molecule has 1 saturated carbocycles. The molecule has 0 bridgehead atoms. The summed E-state index contributed by atoms with van der Waals surface area (Å²) < 4.78 is 0. The van der Waals surface area contributed by atoms with Crippen molar-refractivity contribution in [3.8, 4) is 0 Å². The van der Waals surface area contributed by atoms with Crippen LogP contribution in [0.25, 0.3) is 0 Å². The fraction of sp³-hybridized carbons (Fsp3) is 0.632. The van der Waals surface area contributed by atoms with Gasteiger partial charge in [-0.25, -0.2) is 0 Å². The second-order valence-electron chi connectivity index (χ2n) is 7.36. The van der Waals surface area contributed by atoms with Crippen LogP contribution in [0.3, 0.4) is 0 Å². The first-order chi connectivity index (χ1) is 11.2. The van der Waals surface area contributed by atoms with Gasteiger partial charge in [-0.05, 0) is 24.5 Å². The Morgan fingerprint density at radius 2 is 1.96 bits per heavy atom. The molecule has 1 aliphatic carbocycles. The Morgan fingerprint density at radius 1 is 1.22 bits per heavy atom. The minimum atomic E-state index is -0.0377. The zero-order valence-corrected chi connectivity index (χ0v) is 13.8. The van der Waals surface area contributed by atoms with Crippen molar-refractivity contribution in [3.05, 3.63) is 29.8 Å². The summed E-state index contributed by atoms with van der Waals surface area (Å²) in [5.74, 6) is 0.763. The maximum Gasteiger partial charge on any atom is 0.226 e. The third kappa shape index (κ3) is 2.26. The summed E-state index contributed by atoms with van der Waals surface area (Å²) in [5.41, 5.74) is 2.54. The molecule has 3 aliphatic rings. The number of hydrogen-bond acceptors (Lipinski definition) is 3. The van der Waals surface area contributed by atoms with Gasteiger partial charge in [0.15, 0.2) is 0 Å². The average molecular weight is 314 g/mol. The lowest BCUT2D eigenvalue weighted by Crippen LogP contribution is -2.70. The number of rotatable bonds is 2. The van der Waals surface area contributed by atoms with Gasteiger partial charge in [0, 0.05) is 31.1 Å². The summed E-state index contributed by atoms with van der Waals surface area (Å²) in [6.07, 6.45) is 5.65. The number of hydrogen-bond donors (Lipinski definition) is 1. The number of benzene rings is 1. The van der Waals surface area contributed by atoms with Gasteiger partial charge in [-0.15, -0.1) is 0 Å². The molecule has 1 saturated heterocycles. The molecule has 0 spiro atoms.